The molecule has 0 radical (unpaired) electrons. The van der Waals surface area contributed by atoms with Crippen molar-refractivity contribution in [3.05, 3.63) is 59.4 Å². The number of nitrogens with one attached hydrogen (secondary N) is 1. The highest BCUT2D eigenvalue weighted by Gasteiger charge is 2.11. The first-order chi connectivity index (χ1) is 10.1. The number of hydrogen-bond donors (Lipinski definition) is 2. The Bertz CT molecular complexity index is 643. The van der Waals surface area contributed by atoms with E-state index in [4.69, 9.17) is 9.84 Å². The molecule has 21 heavy (non-hydrogen) atoms. The molecule has 0 aliphatic carbocycles. The largest absolute Gasteiger partial charge is 0.494 e. The Balaban J connectivity index is 2.13. The average molecular weight is 289 g/mol. The Morgan fingerprint density at radius 2 is 2.05 bits per heavy atom. The highest BCUT2D eigenvalue weighted by molar-refractivity contribution is 5.89. The number of carboxylic acids is 1. The molecule has 4 nitrogen and oxygen atoms in total. The van der Waals surface area contributed by atoms with Crippen LogP contribution in [0.2, 0.25) is 0 Å². The first-order valence-electron chi connectivity index (χ1n) is 6.59. The van der Waals surface area contributed by atoms with E-state index in [1.807, 2.05) is 31.2 Å². The van der Waals surface area contributed by atoms with Gasteiger partial charge in [0.2, 0.25) is 0 Å². The number of rotatable bonds is 6. The van der Waals surface area contributed by atoms with Gasteiger partial charge in [0.15, 0.2) is 0 Å². The zero-order chi connectivity index (χ0) is 15.2. The number of halogens is 1. The minimum absolute atomic E-state index is 0.349. The third kappa shape index (κ3) is 3.72. The fourth-order valence-electron chi connectivity index (χ4n) is 1.94. The fourth-order valence-corrected chi connectivity index (χ4v) is 1.94. The van der Waals surface area contributed by atoms with E-state index in [1.165, 1.54) is 12.1 Å². The maximum Gasteiger partial charge on any atom is 0.338 e. The molecular weight excluding hydrogens is 273 g/mol. The summed E-state index contributed by atoms with van der Waals surface area (Å²) in [5, 5.41) is 12.0. The fraction of sp³-hybridized carbons (Fsp3) is 0.188. The molecule has 5 heteroatoms. The Hall–Kier alpha value is -2.56. The number of aromatic carboxylic acids is 1. The van der Waals surface area contributed by atoms with E-state index >= 15 is 0 Å². The summed E-state index contributed by atoms with van der Waals surface area (Å²) in [5.41, 5.74) is 1.14. The zero-order valence-electron chi connectivity index (χ0n) is 11.6. The standard InChI is InChI=1S/C16H16FNO3/c1-2-21-15-6-4-3-5-11(15)10-18-12-7-8-14(17)13(9-12)16(19)20/h3-9,18H,2,10H2,1H3,(H,19,20). The van der Waals surface area contributed by atoms with Crippen LogP contribution in [0.3, 0.4) is 0 Å². The Morgan fingerprint density at radius 3 is 2.76 bits per heavy atom. The van der Waals surface area contributed by atoms with Gasteiger partial charge >= 0.3 is 5.97 Å². The van der Waals surface area contributed by atoms with Crippen LogP contribution in [0.25, 0.3) is 0 Å². The first-order valence-corrected chi connectivity index (χ1v) is 6.59. The Morgan fingerprint density at radius 1 is 1.29 bits per heavy atom. The molecule has 2 N–H and O–H groups in total. The Labute approximate surface area is 122 Å². The number of benzene rings is 2. The third-order valence-corrected chi connectivity index (χ3v) is 2.95. The maximum atomic E-state index is 13.3. The molecule has 2 rings (SSSR count). The van der Waals surface area contributed by atoms with E-state index in [2.05, 4.69) is 5.32 Å². The van der Waals surface area contributed by atoms with Crippen LogP contribution in [0.15, 0.2) is 42.5 Å². The maximum absolute atomic E-state index is 13.3. The summed E-state index contributed by atoms with van der Waals surface area (Å²) < 4.78 is 18.8. The quantitative estimate of drug-likeness (QED) is 0.854. The summed E-state index contributed by atoms with van der Waals surface area (Å²) in [5.74, 6) is -1.26. The van der Waals surface area contributed by atoms with Crippen molar-refractivity contribution < 1.29 is 19.0 Å². The molecule has 2 aromatic rings. The second-order valence-electron chi connectivity index (χ2n) is 4.39. The summed E-state index contributed by atoms with van der Waals surface area (Å²) in [6, 6.07) is 11.5. The van der Waals surface area contributed by atoms with Crippen LogP contribution in [-0.2, 0) is 6.54 Å². The van der Waals surface area contributed by atoms with E-state index in [-0.39, 0.29) is 5.56 Å². The number of carbonyl (C=O) groups is 1. The van der Waals surface area contributed by atoms with Crippen molar-refractivity contribution >= 4 is 11.7 Å². The third-order valence-electron chi connectivity index (χ3n) is 2.95. The Kier molecular flexibility index (Phi) is 4.77. The van der Waals surface area contributed by atoms with Crippen molar-refractivity contribution in [2.75, 3.05) is 11.9 Å². The number of carboxylic acid groups (broad SMARTS) is 1. The van der Waals surface area contributed by atoms with E-state index < -0.39 is 11.8 Å². The van der Waals surface area contributed by atoms with Crippen LogP contribution in [0.1, 0.15) is 22.8 Å². The highest BCUT2D eigenvalue weighted by atomic mass is 19.1. The summed E-state index contributed by atoms with van der Waals surface area (Å²) in [6.45, 7) is 2.93. The van der Waals surface area contributed by atoms with Crippen LogP contribution in [0.4, 0.5) is 10.1 Å². The molecule has 0 atom stereocenters. The van der Waals surface area contributed by atoms with Crippen molar-refractivity contribution in [2.45, 2.75) is 13.5 Å². The van der Waals surface area contributed by atoms with Gasteiger partial charge in [-0.3, -0.25) is 0 Å². The van der Waals surface area contributed by atoms with Crippen molar-refractivity contribution in [1.29, 1.82) is 0 Å². The van der Waals surface area contributed by atoms with E-state index in [0.29, 0.717) is 18.8 Å². The molecule has 0 aliphatic rings. The number of ether oxygens (including phenoxy) is 1. The summed E-state index contributed by atoms with van der Waals surface area (Å²) in [4.78, 5) is 10.9. The second-order valence-corrected chi connectivity index (χ2v) is 4.39. The summed E-state index contributed by atoms with van der Waals surface area (Å²) >= 11 is 0. The molecule has 0 spiro atoms. The molecule has 0 saturated heterocycles. The van der Waals surface area contributed by atoms with Gasteiger partial charge < -0.3 is 15.2 Å². The van der Waals surface area contributed by atoms with Crippen LogP contribution < -0.4 is 10.1 Å². The van der Waals surface area contributed by atoms with Gasteiger partial charge in [0.1, 0.15) is 11.6 Å². The first kappa shape index (κ1) is 14.8. The van der Waals surface area contributed by atoms with Crippen molar-refractivity contribution in [3.8, 4) is 5.75 Å². The predicted molar refractivity (Wildman–Crippen MR) is 78.3 cm³/mol. The van der Waals surface area contributed by atoms with Crippen molar-refractivity contribution in [2.24, 2.45) is 0 Å². The molecule has 110 valence electrons. The lowest BCUT2D eigenvalue weighted by molar-refractivity contribution is 0.0692. The topological polar surface area (TPSA) is 58.6 Å². The average Bonchev–Trinajstić information content (AvgIpc) is 2.47. The predicted octanol–water partition coefficient (Wildman–Crippen LogP) is 3.53. The van der Waals surface area contributed by atoms with Crippen LogP contribution in [-0.4, -0.2) is 17.7 Å². The second kappa shape index (κ2) is 6.74. The number of hydrogen-bond acceptors (Lipinski definition) is 3. The van der Waals surface area contributed by atoms with Crippen LogP contribution in [0, 0.1) is 5.82 Å². The molecule has 2 aromatic carbocycles. The normalized spacial score (nSPS) is 10.2. The minimum Gasteiger partial charge on any atom is -0.494 e. The van der Waals surface area contributed by atoms with Gasteiger partial charge in [0.25, 0.3) is 0 Å². The van der Waals surface area contributed by atoms with Gasteiger partial charge in [-0.25, -0.2) is 9.18 Å². The number of anilines is 1. The van der Waals surface area contributed by atoms with Gasteiger partial charge in [0, 0.05) is 17.8 Å². The molecule has 0 aliphatic heterocycles. The zero-order valence-corrected chi connectivity index (χ0v) is 11.6. The minimum atomic E-state index is -1.29. The molecule has 0 aromatic heterocycles. The van der Waals surface area contributed by atoms with Crippen LogP contribution >= 0.6 is 0 Å². The van der Waals surface area contributed by atoms with Gasteiger partial charge in [0.05, 0.1) is 12.2 Å². The SMILES string of the molecule is CCOc1ccccc1CNc1ccc(F)c(C(=O)O)c1. The van der Waals surface area contributed by atoms with Crippen molar-refractivity contribution in [3.63, 3.8) is 0 Å². The van der Waals surface area contributed by atoms with Gasteiger partial charge in [-0.1, -0.05) is 18.2 Å². The monoisotopic (exact) mass is 289 g/mol. The molecule has 0 heterocycles. The molecule has 0 bridgehead atoms. The molecule has 0 unspecified atom stereocenters. The lowest BCUT2D eigenvalue weighted by Gasteiger charge is -2.12. The van der Waals surface area contributed by atoms with Crippen molar-refractivity contribution in [1.82, 2.24) is 0 Å². The summed E-state index contributed by atoms with van der Waals surface area (Å²) in [7, 11) is 0. The van der Waals surface area contributed by atoms with Gasteiger partial charge in [-0.05, 0) is 31.2 Å². The lowest BCUT2D eigenvalue weighted by atomic mass is 10.1. The molecule has 0 amide bonds. The van der Waals surface area contributed by atoms with E-state index in [0.717, 1.165) is 17.4 Å². The van der Waals surface area contributed by atoms with Gasteiger partial charge in [-0.2, -0.15) is 0 Å². The van der Waals surface area contributed by atoms with Gasteiger partial charge in [-0.15, -0.1) is 0 Å². The van der Waals surface area contributed by atoms with Crippen LogP contribution in [0.5, 0.6) is 5.75 Å². The van der Waals surface area contributed by atoms with E-state index in [1.54, 1.807) is 0 Å². The lowest BCUT2D eigenvalue weighted by Crippen LogP contribution is -2.05. The highest BCUT2D eigenvalue weighted by Crippen LogP contribution is 2.20. The molecule has 0 fully saturated rings. The summed E-state index contributed by atoms with van der Waals surface area (Å²) in [6.07, 6.45) is 0. The number of para-hydroxylation sites is 1. The molecular formula is C16H16FNO3. The smallest absolute Gasteiger partial charge is 0.338 e. The molecule has 0 saturated carbocycles. The van der Waals surface area contributed by atoms with E-state index in [9.17, 15) is 9.18 Å².